The van der Waals surface area contributed by atoms with Crippen LogP contribution in [0.5, 0.6) is 0 Å². The van der Waals surface area contributed by atoms with E-state index in [2.05, 4.69) is 26.8 Å². The highest BCUT2D eigenvalue weighted by Crippen LogP contribution is 2.67. The van der Waals surface area contributed by atoms with Crippen LogP contribution >= 0.6 is 0 Å². The van der Waals surface area contributed by atoms with Gasteiger partial charge in [0.25, 0.3) is 0 Å². The molecule has 3 fully saturated rings. The molecule has 1 nitrogen and oxygen atoms in total. The number of allylic oxidation sites excluding steroid dienone is 1. The van der Waals surface area contributed by atoms with Gasteiger partial charge in [-0.15, -0.1) is 0 Å². The lowest BCUT2D eigenvalue weighted by atomic mass is 9.47. The second kappa shape index (κ2) is 7.75. The van der Waals surface area contributed by atoms with Crippen LogP contribution in [-0.2, 0) is 0 Å². The summed E-state index contributed by atoms with van der Waals surface area (Å²) in [6, 6.07) is 0. The zero-order valence-corrected chi connectivity index (χ0v) is 18.8. The lowest BCUT2D eigenvalue weighted by Crippen LogP contribution is -2.50. The minimum atomic E-state index is -1.80. The zero-order chi connectivity index (χ0) is 22.6. The lowest BCUT2D eigenvalue weighted by Gasteiger charge is -2.58. The maximum absolute atomic E-state index is 10.2. The first-order valence-electron chi connectivity index (χ1n) is 13.8. The summed E-state index contributed by atoms with van der Waals surface area (Å²) in [5, 5.41) is 10.2. The van der Waals surface area contributed by atoms with E-state index in [0.29, 0.717) is 16.7 Å². The van der Waals surface area contributed by atoms with Crippen LogP contribution in [-0.4, -0.2) is 11.2 Å². The summed E-state index contributed by atoms with van der Waals surface area (Å²) in [5.41, 5.74) is 2.37. The van der Waals surface area contributed by atoms with Gasteiger partial charge in [0.05, 0.1) is 6.10 Å². The van der Waals surface area contributed by atoms with E-state index in [1.165, 1.54) is 44.9 Å². The monoisotopic (exact) mass is 389 g/mol. The van der Waals surface area contributed by atoms with E-state index in [-0.39, 0.29) is 12.0 Å². The molecule has 0 saturated heterocycles. The largest absolute Gasteiger partial charge is 0.393 e. The van der Waals surface area contributed by atoms with Crippen molar-refractivity contribution in [3.8, 4) is 0 Å². The van der Waals surface area contributed by atoms with Gasteiger partial charge in [-0.2, -0.15) is 0 Å². The van der Waals surface area contributed by atoms with E-state index < -0.39 is 6.85 Å². The quantitative estimate of drug-likeness (QED) is 0.486. The van der Waals surface area contributed by atoms with Crippen LogP contribution in [0.15, 0.2) is 11.6 Å². The van der Waals surface area contributed by atoms with Crippen molar-refractivity contribution in [1.82, 2.24) is 0 Å². The third-order valence-corrected chi connectivity index (χ3v) is 10.1. The Morgan fingerprint density at radius 1 is 1.11 bits per heavy atom. The summed E-state index contributed by atoms with van der Waals surface area (Å²) in [7, 11) is 0. The smallest absolute Gasteiger partial charge is 0.0577 e. The maximum Gasteiger partial charge on any atom is 0.0577 e. The number of aliphatic hydroxyl groups is 1. The fourth-order valence-corrected chi connectivity index (χ4v) is 8.56. The van der Waals surface area contributed by atoms with Crippen molar-refractivity contribution >= 4 is 0 Å². The van der Waals surface area contributed by atoms with Crippen molar-refractivity contribution in [3.63, 3.8) is 0 Å². The molecule has 0 aromatic carbocycles. The molecule has 0 aromatic heterocycles. The third-order valence-electron chi connectivity index (χ3n) is 10.1. The van der Waals surface area contributed by atoms with Gasteiger partial charge in [0.1, 0.15) is 0 Å². The first kappa shape index (κ1) is 17.4. The summed E-state index contributed by atoms with van der Waals surface area (Å²) in [4.78, 5) is 0. The molecule has 1 unspecified atom stereocenters. The number of rotatable bonds is 5. The molecule has 160 valence electrons. The highest BCUT2D eigenvalue weighted by atomic mass is 16.3. The molecule has 1 N–H and O–H groups in total. The van der Waals surface area contributed by atoms with E-state index in [4.69, 9.17) is 4.11 Å². The second-order valence-corrected chi connectivity index (χ2v) is 11.7. The van der Waals surface area contributed by atoms with Gasteiger partial charge in [-0.1, -0.05) is 65.5 Å². The molecule has 3 saturated carbocycles. The molecule has 4 rings (SSSR count). The number of hydrogen-bond acceptors (Lipinski definition) is 1. The van der Waals surface area contributed by atoms with Crippen LogP contribution < -0.4 is 0 Å². The van der Waals surface area contributed by atoms with Crippen LogP contribution in [0.2, 0.25) is 0 Å². The van der Waals surface area contributed by atoms with Crippen LogP contribution in [0, 0.1) is 46.3 Å². The summed E-state index contributed by atoms with van der Waals surface area (Å²) >= 11 is 0. The topological polar surface area (TPSA) is 20.2 Å². The first-order valence-corrected chi connectivity index (χ1v) is 12.3. The molecule has 9 atom stereocenters. The zero-order valence-electron chi connectivity index (χ0n) is 21.8. The predicted octanol–water partition coefficient (Wildman–Crippen LogP) is 7.39. The molecular weight excluding hydrogens is 340 g/mol. The molecule has 4 aliphatic rings. The summed E-state index contributed by atoms with van der Waals surface area (Å²) < 4.78 is 22.9. The van der Waals surface area contributed by atoms with Crippen LogP contribution in [0.3, 0.4) is 0 Å². The van der Waals surface area contributed by atoms with Gasteiger partial charge >= 0.3 is 0 Å². The van der Waals surface area contributed by atoms with Gasteiger partial charge in [0.15, 0.2) is 0 Å². The van der Waals surface area contributed by atoms with Gasteiger partial charge in [0, 0.05) is 4.11 Å². The van der Waals surface area contributed by atoms with Gasteiger partial charge in [0.2, 0.25) is 0 Å². The lowest BCUT2D eigenvalue weighted by molar-refractivity contribution is -0.0573. The second-order valence-electron chi connectivity index (χ2n) is 11.7. The minimum Gasteiger partial charge on any atom is -0.393 e. The SMILES string of the molecule is [2H]C([2H])([2H])C(C)CCC[C@@H](C)[C@H]1CC[C@H]2[C@@H]3CC=C4C[C@@H](O)CC[C@]4(C)[C@H]3CC[C@]12C. The number of aliphatic hydroxyl groups excluding tert-OH is 1. The van der Waals surface area contributed by atoms with Crippen LogP contribution in [0.4, 0.5) is 0 Å². The van der Waals surface area contributed by atoms with Crippen molar-refractivity contribution < 1.29 is 9.22 Å². The molecule has 0 spiro atoms. The van der Waals surface area contributed by atoms with Crippen molar-refractivity contribution in [1.29, 1.82) is 0 Å². The average Bonchev–Trinajstić information content (AvgIpc) is 3.05. The van der Waals surface area contributed by atoms with E-state index in [9.17, 15) is 5.11 Å². The van der Waals surface area contributed by atoms with E-state index >= 15 is 0 Å². The molecule has 4 aliphatic carbocycles. The fraction of sp³-hybridized carbons (Fsp3) is 0.926. The van der Waals surface area contributed by atoms with Gasteiger partial charge in [-0.3, -0.25) is 0 Å². The Morgan fingerprint density at radius 2 is 1.93 bits per heavy atom. The Balaban J connectivity index is 1.42. The average molecular weight is 390 g/mol. The highest BCUT2D eigenvalue weighted by Gasteiger charge is 2.59. The molecule has 0 radical (unpaired) electrons. The maximum atomic E-state index is 10.2. The molecular formula is C27H46O. The molecule has 0 amide bonds. The Bertz CT molecular complexity index is 684. The Hall–Kier alpha value is -0.300. The van der Waals surface area contributed by atoms with Gasteiger partial charge in [-0.05, 0) is 97.7 Å². The Labute approximate surface area is 179 Å². The summed E-state index contributed by atoms with van der Waals surface area (Å²) in [6.45, 7) is 7.67. The van der Waals surface area contributed by atoms with Gasteiger partial charge < -0.3 is 5.11 Å². The number of fused-ring (bicyclic) bond motifs is 5. The Kier molecular flexibility index (Phi) is 4.81. The van der Waals surface area contributed by atoms with Crippen molar-refractivity contribution in [2.24, 2.45) is 46.3 Å². The number of hydrogen-bond donors (Lipinski definition) is 1. The fourth-order valence-electron chi connectivity index (χ4n) is 8.56. The Morgan fingerprint density at radius 3 is 2.71 bits per heavy atom. The third kappa shape index (κ3) is 3.42. The molecule has 1 heteroatoms. The molecule has 28 heavy (non-hydrogen) atoms. The molecule has 0 aromatic rings. The summed E-state index contributed by atoms with van der Waals surface area (Å²) in [6.07, 6.45) is 15.3. The van der Waals surface area contributed by atoms with E-state index in [1.54, 1.807) is 5.57 Å². The van der Waals surface area contributed by atoms with Crippen LogP contribution in [0.1, 0.15) is 109 Å². The molecule has 0 aliphatic heterocycles. The van der Waals surface area contributed by atoms with Crippen molar-refractivity contribution in [2.45, 2.75) is 111 Å². The van der Waals surface area contributed by atoms with E-state index in [0.717, 1.165) is 49.4 Å². The van der Waals surface area contributed by atoms with E-state index in [1.807, 2.05) is 6.92 Å². The standard InChI is InChI=1S/C27H46O/c1-18(2)7-6-8-19(3)23-11-12-24-22-10-9-20-17-21(28)13-15-26(20,4)25(22)14-16-27(23,24)5/h9,18-19,21-25,28H,6-8,10-17H2,1-5H3/t19-,21+,22+,23-,24+,25+,26+,27-/m1/s1/i1D3/t18?,19-,21+,22+,23-,24+,25+,26+,27-. The molecule has 0 heterocycles. The molecule has 0 bridgehead atoms. The van der Waals surface area contributed by atoms with Gasteiger partial charge in [-0.25, -0.2) is 0 Å². The first-order chi connectivity index (χ1) is 14.5. The predicted molar refractivity (Wildman–Crippen MR) is 119 cm³/mol. The van der Waals surface area contributed by atoms with Crippen molar-refractivity contribution in [3.05, 3.63) is 11.6 Å². The minimum absolute atomic E-state index is 0.116. The normalized spacial score (nSPS) is 49.5. The summed E-state index contributed by atoms with van der Waals surface area (Å²) in [5.74, 6) is 3.81. The van der Waals surface area contributed by atoms with Crippen LogP contribution in [0.25, 0.3) is 0 Å². The van der Waals surface area contributed by atoms with Crippen molar-refractivity contribution in [2.75, 3.05) is 0 Å². The highest BCUT2D eigenvalue weighted by molar-refractivity contribution is 5.25.